The molecule has 0 atom stereocenters. The molecular weight excluding hydrogens is 250 g/mol. The van der Waals surface area contributed by atoms with Gasteiger partial charge in [-0.15, -0.1) is 11.8 Å². The second kappa shape index (κ2) is 6.07. The molecule has 0 radical (unpaired) electrons. The van der Waals surface area contributed by atoms with Crippen molar-refractivity contribution in [3.05, 3.63) is 58.7 Å². The van der Waals surface area contributed by atoms with Crippen LogP contribution in [0.15, 0.2) is 46.3 Å². The molecule has 0 unspecified atom stereocenters. The minimum atomic E-state index is 1.04. The smallest absolute Gasteiger partial charge is 0.0765 e. The Morgan fingerprint density at radius 3 is 2.26 bits per heavy atom. The summed E-state index contributed by atoms with van der Waals surface area (Å²) in [6.45, 7) is 6.41. The summed E-state index contributed by atoms with van der Waals surface area (Å²) in [5, 5.41) is 0. The molecule has 0 spiro atoms. The van der Waals surface area contributed by atoms with Gasteiger partial charge in [0.05, 0.1) is 5.69 Å². The van der Waals surface area contributed by atoms with Gasteiger partial charge in [-0.25, -0.2) is 0 Å². The molecule has 1 nitrogen and oxygen atoms in total. The van der Waals surface area contributed by atoms with Crippen LogP contribution in [0, 0.1) is 20.8 Å². The number of para-hydroxylation sites is 1. The molecule has 0 fully saturated rings. The first-order valence-corrected chi connectivity index (χ1v) is 7.59. The number of thioether (sulfide) groups is 1. The Bertz CT molecular complexity index is 591. The molecule has 0 aliphatic rings. The van der Waals surface area contributed by atoms with E-state index in [9.17, 15) is 0 Å². The number of hydrogen-bond donors (Lipinski definition) is 0. The van der Waals surface area contributed by atoms with E-state index in [1.165, 1.54) is 27.1 Å². The molecule has 98 valence electrons. The summed E-state index contributed by atoms with van der Waals surface area (Å²) in [5.74, 6) is 0. The van der Waals surface area contributed by atoms with Gasteiger partial charge in [0.25, 0.3) is 0 Å². The van der Waals surface area contributed by atoms with Crippen LogP contribution in [-0.4, -0.2) is 12.5 Å². The molecule has 2 rings (SSSR count). The average Bonchev–Trinajstić information content (AvgIpc) is 2.38. The summed E-state index contributed by atoms with van der Waals surface area (Å²) in [4.78, 5) is 5.86. The quantitative estimate of drug-likeness (QED) is 0.559. The van der Waals surface area contributed by atoms with Gasteiger partial charge in [-0.3, -0.25) is 4.99 Å². The summed E-state index contributed by atoms with van der Waals surface area (Å²) in [6.07, 6.45) is 4.07. The highest BCUT2D eigenvalue weighted by Crippen LogP contribution is 2.27. The minimum absolute atomic E-state index is 1.04. The molecule has 2 heteroatoms. The van der Waals surface area contributed by atoms with Crippen molar-refractivity contribution in [2.75, 3.05) is 6.26 Å². The topological polar surface area (TPSA) is 12.4 Å². The highest BCUT2D eigenvalue weighted by molar-refractivity contribution is 7.98. The monoisotopic (exact) mass is 269 g/mol. The summed E-state index contributed by atoms with van der Waals surface area (Å²) in [6, 6.07) is 12.6. The summed E-state index contributed by atoms with van der Waals surface area (Å²) in [5.41, 5.74) is 6.12. The van der Waals surface area contributed by atoms with E-state index in [2.05, 4.69) is 56.3 Å². The van der Waals surface area contributed by atoms with Gasteiger partial charge in [-0.05, 0) is 55.9 Å². The molecule has 2 aromatic carbocycles. The molecular formula is C17H19NS. The van der Waals surface area contributed by atoms with E-state index in [0.29, 0.717) is 0 Å². The van der Waals surface area contributed by atoms with Gasteiger partial charge in [0.2, 0.25) is 0 Å². The van der Waals surface area contributed by atoms with E-state index in [4.69, 9.17) is 0 Å². The molecule has 0 bridgehead atoms. The third kappa shape index (κ3) is 3.27. The summed E-state index contributed by atoms with van der Waals surface area (Å²) in [7, 11) is 0. The van der Waals surface area contributed by atoms with Gasteiger partial charge in [0, 0.05) is 11.1 Å². The molecule has 19 heavy (non-hydrogen) atoms. The lowest BCUT2D eigenvalue weighted by molar-refractivity contribution is 1.30. The van der Waals surface area contributed by atoms with Crippen LogP contribution in [0.1, 0.15) is 22.3 Å². The van der Waals surface area contributed by atoms with E-state index in [1.54, 1.807) is 11.8 Å². The molecule has 2 aromatic rings. The molecule has 0 aliphatic heterocycles. The van der Waals surface area contributed by atoms with Crippen LogP contribution >= 0.6 is 11.8 Å². The fourth-order valence-corrected chi connectivity index (χ4v) is 2.81. The van der Waals surface area contributed by atoms with Gasteiger partial charge in [0.1, 0.15) is 0 Å². The first-order chi connectivity index (χ1) is 9.11. The van der Waals surface area contributed by atoms with Crippen molar-refractivity contribution < 1.29 is 0 Å². The van der Waals surface area contributed by atoms with Crippen LogP contribution in [0.2, 0.25) is 0 Å². The maximum atomic E-state index is 4.65. The average molecular weight is 269 g/mol. The van der Waals surface area contributed by atoms with Gasteiger partial charge < -0.3 is 0 Å². The summed E-state index contributed by atoms with van der Waals surface area (Å²) < 4.78 is 0. The Kier molecular flexibility index (Phi) is 4.43. The van der Waals surface area contributed by atoms with Crippen LogP contribution in [-0.2, 0) is 0 Å². The van der Waals surface area contributed by atoms with Crippen LogP contribution in [0.25, 0.3) is 0 Å². The lowest BCUT2D eigenvalue weighted by Crippen LogP contribution is -1.93. The molecule has 0 amide bonds. The zero-order valence-electron chi connectivity index (χ0n) is 11.9. The van der Waals surface area contributed by atoms with Gasteiger partial charge in [-0.1, -0.05) is 29.8 Å². The van der Waals surface area contributed by atoms with E-state index < -0.39 is 0 Å². The van der Waals surface area contributed by atoms with Crippen molar-refractivity contribution in [3.63, 3.8) is 0 Å². The lowest BCUT2D eigenvalue weighted by Gasteiger charge is -2.07. The number of hydrogen-bond acceptors (Lipinski definition) is 2. The minimum Gasteiger partial charge on any atom is -0.255 e. The molecule has 0 heterocycles. The standard InChI is InChI=1S/C17H19NS/c1-12-9-13(2)15(14(3)10-12)11-18-16-7-5-6-8-17(16)19-4/h5-11H,1-4H3. The Morgan fingerprint density at radius 2 is 1.63 bits per heavy atom. The Balaban J connectivity index is 2.38. The third-order valence-corrected chi connectivity index (χ3v) is 3.94. The van der Waals surface area contributed by atoms with Gasteiger partial charge in [0.15, 0.2) is 0 Å². The second-order valence-electron chi connectivity index (χ2n) is 4.74. The van der Waals surface area contributed by atoms with Crippen molar-refractivity contribution >= 4 is 23.7 Å². The number of aryl methyl sites for hydroxylation is 3. The Morgan fingerprint density at radius 1 is 1.00 bits per heavy atom. The van der Waals surface area contributed by atoms with Crippen LogP contribution < -0.4 is 0 Å². The molecule has 0 aromatic heterocycles. The van der Waals surface area contributed by atoms with Crippen molar-refractivity contribution in [2.45, 2.75) is 25.7 Å². The number of rotatable bonds is 3. The maximum absolute atomic E-state index is 4.65. The van der Waals surface area contributed by atoms with Crippen LogP contribution in [0.3, 0.4) is 0 Å². The van der Waals surface area contributed by atoms with Crippen molar-refractivity contribution in [1.82, 2.24) is 0 Å². The van der Waals surface area contributed by atoms with Crippen molar-refractivity contribution in [2.24, 2.45) is 4.99 Å². The fraction of sp³-hybridized carbons (Fsp3) is 0.235. The van der Waals surface area contributed by atoms with E-state index in [-0.39, 0.29) is 0 Å². The largest absolute Gasteiger partial charge is 0.255 e. The SMILES string of the molecule is CSc1ccccc1N=Cc1c(C)cc(C)cc1C. The van der Waals surface area contributed by atoms with Crippen LogP contribution in [0.5, 0.6) is 0 Å². The highest BCUT2D eigenvalue weighted by atomic mass is 32.2. The van der Waals surface area contributed by atoms with Crippen molar-refractivity contribution in [1.29, 1.82) is 0 Å². The third-order valence-electron chi connectivity index (χ3n) is 3.16. The lowest BCUT2D eigenvalue weighted by atomic mass is 10.0. The molecule has 0 saturated carbocycles. The predicted octanol–water partition coefficient (Wildman–Crippen LogP) is 5.08. The second-order valence-corrected chi connectivity index (χ2v) is 5.59. The Labute approximate surface area is 119 Å². The fourth-order valence-electron chi connectivity index (χ4n) is 2.27. The molecule has 0 N–H and O–H groups in total. The maximum Gasteiger partial charge on any atom is 0.0765 e. The van der Waals surface area contributed by atoms with Crippen molar-refractivity contribution in [3.8, 4) is 0 Å². The van der Waals surface area contributed by atoms with Gasteiger partial charge >= 0.3 is 0 Å². The van der Waals surface area contributed by atoms with Gasteiger partial charge in [-0.2, -0.15) is 0 Å². The predicted molar refractivity (Wildman–Crippen MR) is 86.1 cm³/mol. The Hall–Kier alpha value is -1.54. The zero-order valence-corrected chi connectivity index (χ0v) is 12.7. The number of aliphatic imine (C=N–C) groups is 1. The van der Waals surface area contributed by atoms with E-state index >= 15 is 0 Å². The normalized spacial score (nSPS) is 11.2. The van der Waals surface area contributed by atoms with Crippen LogP contribution in [0.4, 0.5) is 5.69 Å². The molecule has 0 saturated heterocycles. The highest BCUT2D eigenvalue weighted by Gasteiger charge is 2.02. The zero-order chi connectivity index (χ0) is 13.8. The number of nitrogens with zero attached hydrogens (tertiary/aromatic N) is 1. The number of benzene rings is 2. The first-order valence-electron chi connectivity index (χ1n) is 6.36. The molecule has 0 aliphatic carbocycles. The first kappa shape index (κ1) is 13.9. The van der Waals surface area contributed by atoms with E-state index in [1.807, 2.05) is 18.3 Å². The van der Waals surface area contributed by atoms with E-state index in [0.717, 1.165) is 5.69 Å². The summed E-state index contributed by atoms with van der Waals surface area (Å²) >= 11 is 1.73.